The lowest BCUT2D eigenvalue weighted by atomic mass is 9.89. The number of para-hydroxylation sites is 1. The summed E-state index contributed by atoms with van der Waals surface area (Å²) in [6, 6.07) is 5.71. The van der Waals surface area contributed by atoms with E-state index in [4.69, 9.17) is 4.74 Å². The molecule has 0 saturated heterocycles. The van der Waals surface area contributed by atoms with Crippen LogP contribution in [-0.4, -0.2) is 30.4 Å². The summed E-state index contributed by atoms with van der Waals surface area (Å²) in [5, 5.41) is 2.57. The molecule has 1 unspecified atom stereocenters. The average Bonchev–Trinajstić information content (AvgIpc) is 2.66. The number of benzene rings is 1. The monoisotopic (exact) mass is 365 g/mol. The van der Waals surface area contributed by atoms with Crippen molar-refractivity contribution in [3.8, 4) is 5.75 Å². The molecule has 142 valence electrons. The molecule has 0 heterocycles. The molecule has 1 saturated carbocycles. The van der Waals surface area contributed by atoms with Gasteiger partial charge in [0, 0.05) is 5.92 Å². The Morgan fingerprint density at radius 3 is 2.54 bits per heavy atom. The molecule has 0 bridgehead atoms. The van der Waals surface area contributed by atoms with Crippen molar-refractivity contribution in [3.63, 3.8) is 0 Å². The summed E-state index contributed by atoms with van der Waals surface area (Å²) in [7, 11) is 0. The van der Waals surface area contributed by atoms with Gasteiger partial charge in [0.25, 0.3) is 11.8 Å². The van der Waals surface area contributed by atoms with Crippen molar-refractivity contribution in [2.24, 2.45) is 5.92 Å². The molecule has 0 spiro atoms. The summed E-state index contributed by atoms with van der Waals surface area (Å²) < 4.78 is 18.7. The van der Waals surface area contributed by atoms with Crippen LogP contribution in [0, 0.1) is 11.7 Å². The van der Waals surface area contributed by atoms with Crippen LogP contribution in [0.1, 0.15) is 39.0 Å². The number of hydrogen-bond acceptors (Lipinski definition) is 4. The first-order valence-corrected chi connectivity index (χ1v) is 8.75. The van der Waals surface area contributed by atoms with Gasteiger partial charge >= 0.3 is 0 Å². The SMILES string of the molecule is CC(Oc1ccccc1F)C(=O)NNC(=O)CNC(=O)C1CCCCC1. The third-order valence-corrected chi connectivity index (χ3v) is 4.23. The fourth-order valence-corrected chi connectivity index (χ4v) is 2.74. The van der Waals surface area contributed by atoms with Crippen molar-refractivity contribution in [1.82, 2.24) is 16.2 Å². The molecule has 8 heteroatoms. The molecule has 1 fully saturated rings. The molecule has 0 aliphatic heterocycles. The van der Waals surface area contributed by atoms with Gasteiger partial charge in [-0.1, -0.05) is 31.4 Å². The van der Waals surface area contributed by atoms with Gasteiger partial charge in [-0.3, -0.25) is 25.2 Å². The van der Waals surface area contributed by atoms with Gasteiger partial charge in [-0.15, -0.1) is 0 Å². The van der Waals surface area contributed by atoms with Gasteiger partial charge in [-0.25, -0.2) is 4.39 Å². The van der Waals surface area contributed by atoms with Gasteiger partial charge in [0.2, 0.25) is 5.91 Å². The largest absolute Gasteiger partial charge is 0.478 e. The maximum absolute atomic E-state index is 13.5. The first kappa shape index (κ1) is 19.7. The number of carbonyl (C=O) groups excluding carboxylic acids is 3. The summed E-state index contributed by atoms with van der Waals surface area (Å²) in [4.78, 5) is 35.6. The standard InChI is InChI=1S/C18H24FN3O4/c1-12(26-15-10-6-5-9-14(15)19)17(24)22-21-16(23)11-20-18(25)13-7-3-2-4-8-13/h5-6,9-10,12-13H,2-4,7-8,11H2,1H3,(H,20,25)(H,21,23)(H,22,24). The highest BCUT2D eigenvalue weighted by Gasteiger charge is 2.21. The second kappa shape index (κ2) is 9.74. The van der Waals surface area contributed by atoms with Crippen molar-refractivity contribution >= 4 is 17.7 Å². The molecular formula is C18H24FN3O4. The minimum absolute atomic E-state index is 0.0414. The molecule has 2 rings (SSSR count). The van der Waals surface area contributed by atoms with E-state index in [1.54, 1.807) is 6.07 Å². The highest BCUT2D eigenvalue weighted by Crippen LogP contribution is 2.23. The molecule has 1 aliphatic carbocycles. The summed E-state index contributed by atoms with van der Waals surface area (Å²) in [5.41, 5.74) is 4.38. The lowest BCUT2D eigenvalue weighted by Crippen LogP contribution is -2.50. The normalized spacial score (nSPS) is 15.6. The van der Waals surface area contributed by atoms with Crippen molar-refractivity contribution in [3.05, 3.63) is 30.1 Å². The molecule has 0 aromatic heterocycles. The van der Waals surface area contributed by atoms with Gasteiger partial charge in [-0.2, -0.15) is 0 Å². The zero-order valence-corrected chi connectivity index (χ0v) is 14.7. The number of ether oxygens (including phenoxy) is 1. The Morgan fingerprint density at radius 2 is 1.85 bits per heavy atom. The molecule has 3 N–H and O–H groups in total. The molecule has 1 aromatic rings. The lowest BCUT2D eigenvalue weighted by molar-refractivity contribution is -0.133. The van der Waals surface area contributed by atoms with Crippen LogP contribution in [-0.2, 0) is 14.4 Å². The summed E-state index contributed by atoms with van der Waals surface area (Å²) in [6.07, 6.45) is 3.87. The number of hydrazine groups is 1. The van der Waals surface area contributed by atoms with Crippen molar-refractivity contribution in [2.45, 2.75) is 45.1 Å². The summed E-state index contributed by atoms with van der Waals surface area (Å²) >= 11 is 0. The van der Waals surface area contributed by atoms with Crippen LogP contribution >= 0.6 is 0 Å². The Hall–Kier alpha value is -2.64. The van der Waals surface area contributed by atoms with Crippen molar-refractivity contribution in [2.75, 3.05) is 6.54 Å². The first-order valence-electron chi connectivity index (χ1n) is 8.75. The molecular weight excluding hydrogens is 341 g/mol. The Balaban J connectivity index is 1.68. The Bertz CT molecular complexity index is 647. The van der Waals surface area contributed by atoms with E-state index in [0.717, 1.165) is 32.1 Å². The second-order valence-electron chi connectivity index (χ2n) is 6.28. The highest BCUT2D eigenvalue weighted by atomic mass is 19.1. The van der Waals surface area contributed by atoms with Crippen LogP contribution in [0.4, 0.5) is 4.39 Å². The molecule has 1 aromatic carbocycles. The van der Waals surface area contributed by atoms with Crippen LogP contribution < -0.4 is 20.9 Å². The van der Waals surface area contributed by atoms with Crippen LogP contribution in [0.3, 0.4) is 0 Å². The second-order valence-corrected chi connectivity index (χ2v) is 6.28. The number of amides is 3. The van der Waals surface area contributed by atoms with E-state index in [1.807, 2.05) is 0 Å². The predicted molar refractivity (Wildman–Crippen MR) is 92.4 cm³/mol. The quantitative estimate of drug-likeness (QED) is 0.665. The zero-order valence-electron chi connectivity index (χ0n) is 14.7. The minimum Gasteiger partial charge on any atom is -0.478 e. The number of carbonyl (C=O) groups is 3. The van der Waals surface area contributed by atoms with Crippen molar-refractivity contribution < 1.29 is 23.5 Å². The van der Waals surface area contributed by atoms with E-state index in [1.165, 1.54) is 25.1 Å². The van der Waals surface area contributed by atoms with E-state index in [0.29, 0.717) is 0 Å². The molecule has 3 amide bonds. The number of halogens is 1. The van der Waals surface area contributed by atoms with Crippen molar-refractivity contribution in [1.29, 1.82) is 0 Å². The molecule has 26 heavy (non-hydrogen) atoms. The van der Waals surface area contributed by atoms with E-state index in [9.17, 15) is 18.8 Å². The van der Waals surface area contributed by atoms with Crippen LogP contribution in [0.2, 0.25) is 0 Å². The minimum atomic E-state index is -1.01. The first-order chi connectivity index (χ1) is 12.5. The van der Waals surface area contributed by atoms with E-state index in [2.05, 4.69) is 16.2 Å². The van der Waals surface area contributed by atoms with E-state index >= 15 is 0 Å². The van der Waals surface area contributed by atoms with E-state index in [-0.39, 0.29) is 24.1 Å². The molecule has 7 nitrogen and oxygen atoms in total. The van der Waals surface area contributed by atoms with Gasteiger partial charge in [0.1, 0.15) is 0 Å². The predicted octanol–water partition coefficient (Wildman–Crippen LogP) is 1.44. The Morgan fingerprint density at radius 1 is 1.15 bits per heavy atom. The van der Waals surface area contributed by atoms with Gasteiger partial charge in [0.05, 0.1) is 6.54 Å². The van der Waals surface area contributed by atoms with Gasteiger partial charge in [0.15, 0.2) is 17.7 Å². The van der Waals surface area contributed by atoms with E-state index < -0.39 is 23.7 Å². The molecule has 1 aliphatic rings. The average molecular weight is 365 g/mol. The van der Waals surface area contributed by atoms with Crippen LogP contribution in [0.25, 0.3) is 0 Å². The maximum Gasteiger partial charge on any atom is 0.279 e. The fraction of sp³-hybridized carbons (Fsp3) is 0.500. The fourth-order valence-electron chi connectivity index (χ4n) is 2.74. The number of hydrogen-bond donors (Lipinski definition) is 3. The number of nitrogens with one attached hydrogen (secondary N) is 3. The lowest BCUT2D eigenvalue weighted by Gasteiger charge is -2.20. The Labute approximate surface area is 151 Å². The molecule has 1 atom stereocenters. The zero-order chi connectivity index (χ0) is 18.9. The summed E-state index contributed by atoms with van der Waals surface area (Å²) in [5.74, 6) is -2.01. The van der Waals surface area contributed by atoms with Gasteiger partial charge < -0.3 is 10.1 Å². The topological polar surface area (TPSA) is 96.5 Å². The van der Waals surface area contributed by atoms with Gasteiger partial charge in [-0.05, 0) is 31.9 Å². The third kappa shape index (κ3) is 6.02. The van der Waals surface area contributed by atoms with Crippen LogP contribution in [0.15, 0.2) is 24.3 Å². The molecule has 0 radical (unpaired) electrons. The summed E-state index contributed by atoms with van der Waals surface area (Å²) in [6.45, 7) is 1.21. The Kier molecular flexibility index (Phi) is 7.37. The number of rotatable bonds is 6. The van der Waals surface area contributed by atoms with Crippen LogP contribution in [0.5, 0.6) is 5.75 Å². The highest BCUT2D eigenvalue weighted by molar-refractivity contribution is 5.88. The third-order valence-electron chi connectivity index (χ3n) is 4.23. The smallest absolute Gasteiger partial charge is 0.279 e. The maximum atomic E-state index is 13.5.